The van der Waals surface area contributed by atoms with E-state index in [0.29, 0.717) is 51.5 Å². The van der Waals surface area contributed by atoms with Crippen molar-refractivity contribution in [2.45, 2.75) is 58.9 Å². The molecule has 11 heteroatoms. The zero-order valence-electron chi connectivity index (χ0n) is 25.5. The summed E-state index contributed by atoms with van der Waals surface area (Å²) >= 11 is 0. The molecule has 0 unspecified atom stereocenters. The number of rotatable bonds is 12. The first-order valence-corrected chi connectivity index (χ1v) is 18.9. The Morgan fingerprint density at radius 3 is 2.33 bits per heavy atom. The van der Waals surface area contributed by atoms with Gasteiger partial charge >= 0.3 is 0 Å². The normalized spacial score (nSPS) is 26.2. The average Bonchev–Trinajstić information content (AvgIpc) is 3.30. The van der Waals surface area contributed by atoms with Gasteiger partial charge in [0, 0.05) is 74.3 Å². The van der Waals surface area contributed by atoms with E-state index in [0.717, 1.165) is 24.9 Å². The molecule has 2 aromatic rings. The second kappa shape index (κ2) is 12.1. The van der Waals surface area contributed by atoms with Gasteiger partial charge in [-0.15, -0.1) is 0 Å². The highest BCUT2D eigenvalue weighted by molar-refractivity contribution is 7.90. The standard InChI is InChI=1S/C31H47N5O4S2/c1-25-9-5-6-10-28(25)34-18-20-35(21-19-34)42(39,40)24-31-14-11-26(30(31,2)3)23-29(31)36(17-7-8-22-41(4,37)38)33-27-12-15-32-16-13-27/h5-6,9-10,12-13,15-16,26,29H,7-8,11,14,17-24H2,1-4H3,(H,32,33)/t26-,29+,31-/m0/s1. The monoisotopic (exact) mass is 617 g/mol. The van der Waals surface area contributed by atoms with Crippen LogP contribution in [0.25, 0.3) is 0 Å². The number of piperazine rings is 1. The zero-order chi connectivity index (χ0) is 30.2. The molecule has 2 heterocycles. The number of fused-ring (bicyclic) bond motifs is 2. The van der Waals surface area contributed by atoms with Crippen LogP contribution >= 0.6 is 0 Å². The minimum Gasteiger partial charge on any atom is -0.369 e. The number of hydrogen-bond acceptors (Lipinski definition) is 8. The topological polar surface area (TPSA) is 103 Å². The number of unbranched alkanes of at least 4 members (excludes halogenated alkanes) is 1. The van der Waals surface area contributed by atoms with E-state index >= 15 is 0 Å². The molecule has 0 amide bonds. The van der Waals surface area contributed by atoms with Gasteiger partial charge < -0.3 is 10.3 Å². The van der Waals surface area contributed by atoms with Gasteiger partial charge in [0.25, 0.3) is 0 Å². The van der Waals surface area contributed by atoms with E-state index < -0.39 is 25.3 Å². The van der Waals surface area contributed by atoms with Crippen LogP contribution in [0.15, 0.2) is 48.8 Å². The minimum absolute atomic E-state index is 0.0145. The van der Waals surface area contributed by atoms with E-state index in [-0.39, 0.29) is 23.0 Å². The third-order valence-electron chi connectivity index (χ3n) is 10.4. The Morgan fingerprint density at radius 2 is 1.69 bits per heavy atom. The summed E-state index contributed by atoms with van der Waals surface area (Å²) in [5.74, 6) is 0.729. The number of nitrogens with zero attached hydrogens (tertiary/aromatic N) is 4. The maximum absolute atomic E-state index is 14.2. The molecule has 1 aromatic carbocycles. The van der Waals surface area contributed by atoms with Gasteiger partial charge in [0.1, 0.15) is 9.84 Å². The van der Waals surface area contributed by atoms with Crippen molar-refractivity contribution in [3.63, 3.8) is 0 Å². The van der Waals surface area contributed by atoms with Gasteiger partial charge in [-0.3, -0.25) is 4.98 Å². The SMILES string of the molecule is Cc1ccccc1N1CCN(S(=O)(=O)C[C@@]23CC[C@@H](C[C@H]2N(CCCCS(C)(=O)=O)Nc2ccncc2)C3(C)C)CC1. The molecule has 3 atom stereocenters. The number of anilines is 2. The maximum atomic E-state index is 14.2. The molecule has 2 aliphatic carbocycles. The predicted octanol–water partition coefficient (Wildman–Crippen LogP) is 4.19. The number of aromatic nitrogens is 1. The highest BCUT2D eigenvalue weighted by Gasteiger charge is 2.66. The van der Waals surface area contributed by atoms with Crippen LogP contribution in [0.1, 0.15) is 51.5 Å². The van der Waals surface area contributed by atoms with Crippen molar-refractivity contribution < 1.29 is 16.8 Å². The lowest BCUT2D eigenvalue weighted by atomic mass is 9.68. The Bertz CT molecular complexity index is 1440. The maximum Gasteiger partial charge on any atom is 0.214 e. The molecule has 3 aliphatic rings. The largest absolute Gasteiger partial charge is 0.369 e. The van der Waals surface area contributed by atoms with Gasteiger partial charge in [-0.2, -0.15) is 4.31 Å². The van der Waals surface area contributed by atoms with Gasteiger partial charge in [-0.25, -0.2) is 21.8 Å². The summed E-state index contributed by atoms with van der Waals surface area (Å²) in [5.41, 5.74) is 6.32. The second-order valence-corrected chi connectivity index (χ2v) is 17.4. The van der Waals surface area contributed by atoms with Gasteiger partial charge in [0.15, 0.2) is 0 Å². The number of hydrazine groups is 1. The number of para-hydroxylation sites is 1. The lowest BCUT2D eigenvalue weighted by Crippen LogP contribution is -2.57. The fourth-order valence-electron chi connectivity index (χ4n) is 7.88. The van der Waals surface area contributed by atoms with Crippen molar-refractivity contribution in [3.05, 3.63) is 54.4 Å². The van der Waals surface area contributed by atoms with Crippen molar-refractivity contribution in [1.29, 1.82) is 0 Å². The number of nitrogens with one attached hydrogen (secondary N) is 1. The van der Waals surface area contributed by atoms with Crippen molar-refractivity contribution in [2.75, 3.05) is 60.8 Å². The Hall–Kier alpha value is -2.21. The molecule has 2 bridgehead atoms. The van der Waals surface area contributed by atoms with E-state index in [2.05, 4.69) is 53.2 Å². The van der Waals surface area contributed by atoms with Crippen LogP contribution in [-0.2, 0) is 19.9 Å². The van der Waals surface area contributed by atoms with E-state index in [1.165, 1.54) is 17.5 Å². The first-order valence-electron chi connectivity index (χ1n) is 15.2. The highest BCUT2D eigenvalue weighted by atomic mass is 32.2. The smallest absolute Gasteiger partial charge is 0.214 e. The molecule has 1 aromatic heterocycles. The van der Waals surface area contributed by atoms with Crippen LogP contribution in [0.2, 0.25) is 0 Å². The number of benzene rings is 1. The van der Waals surface area contributed by atoms with Gasteiger partial charge in [-0.05, 0) is 74.1 Å². The third kappa shape index (κ3) is 6.34. The van der Waals surface area contributed by atoms with E-state index in [1.807, 2.05) is 24.3 Å². The van der Waals surface area contributed by atoms with Crippen molar-refractivity contribution in [2.24, 2.45) is 16.7 Å². The fraction of sp³-hybridized carbons (Fsp3) is 0.645. The number of sulfone groups is 1. The van der Waals surface area contributed by atoms with Crippen molar-refractivity contribution >= 4 is 31.2 Å². The Balaban J connectivity index is 1.36. The summed E-state index contributed by atoms with van der Waals surface area (Å²) in [4.78, 5) is 6.44. The second-order valence-electron chi connectivity index (χ2n) is 13.2. The Kier molecular flexibility index (Phi) is 8.96. The van der Waals surface area contributed by atoms with Gasteiger partial charge in [0.05, 0.1) is 11.4 Å². The van der Waals surface area contributed by atoms with Crippen LogP contribution in [0, 0.1) is 23.7 Å². The molecule has 3 fully saturated rings. The molecule has 5 rings (SSSR count). The van der Waals surface area contributed by atoms with E-state index in [9.17, 15) is 16.8 Å². The zero-order valence-corrected chi connectivity index (χ0v) is 27.1. The molecular weight excluding hydrogens is 571 g/mol. The minimum atomic E-state index is -3.52. The molecule has 0 spiro atoms. The molecule has 2 saturated carbocycles. The molecule has 1 aliphatic heterocycles. The molecule has 232 valence electrons. The van der Waals surface area contributed by atoms with Crippen LogP contribution in [-0.4, -0.2) is 87.7 Å². The molecule has 1 N–H and O–H groups in total. The van der Waals surface area contributed by atoms with E-state index in [1.54, 1.807) is 16.7 Å². The predicted molar refractivity (Wildman–Crippen MR) is 170 cm³/mol. The first-order chi connectivity index (χ1) is 19.8. The first kappa shape index (κ1) is 31.2. The fourth-order valence-corrected chi connectivity index (χ4v) is 10.9. The van der Waals surface area contributed by atoms with Crippen LogP contribution < -0.4 is 10.3 Å². The quantitative estimate of drug-likeness (QED) is 0.280. The van der Waals surface area contributed by atoms with Crippen LogP contribution in [0.5, 0.6) is 0 Å². The molecule has 9 nitrogen and oxygen atoms in total. The summed E-state index contributed by atoms with van der Waals surface area (Å²) in [6, 6.07) is 12.1. The molecule has 1 saturated heterocycles. The molecule has 0 radical (unpaired) electrons. The number of sulfonamides is 1. The van der Waals surface area contributed by atoms with E-state index in [4.69, 9.17) is 0 Å². The van der Waals surface area contributed by atoms with Crippen LogP contribution in [0.3, 0.4) is 0 Å². The summed E-state index contributed by atoms with van der Waals surface area (Å²) in [7, 11) is -6.55. The number of pyridine rings is 1. The summed E-state index contributed by atoms with van der Waals surface area (Å²) in [6.07, 6.45) is 8.87. The average molecular weight is 618 g/mol. The Morgan fingerprint density at radius 1 is 1.00 bits per heavy atom. The molecular formula is C31H47N5O4S2. The summed E-state index contributed by atoms with van der Waals surface area (Å²) in [6.45, 7) is 9.63. The van der Waals surface area contributed by atoms with Gasteiger partial charge in [0.2, 0.25) is 10.0 Å². The number of hydrogen-bond donors (Lipinski definition) is 1. The summed E-state index contributed by atoms with van der Waals surface area (Å²) in [5, 5.41) is 2.23. The summed E-state index contributed by atoms with van der Waals surface area (Å²) < 4.78 is 53.7. The van der Waals surface area contributed by atoms with Crippen molar-refractivity contribution in [3.8, 4) is 0 Å². The van der Waals surface area contributed by atoms with Crippen molar-refractivity contribution in [1.82, 2.24) is 14.3 Å². The Labute approximate surface area is 252 Å². The lowest BCUT2D eigenvalue weighted by Gasteiger charge is -2.48. The lowest BCUT2D eigenvalue weighted by molar-refractivity contribution is 0.0584. The molecule has 42 heavy (non-hydrogen) atoms. The van der Waals surface area contributed by atoms with Crippen LogP contribution in [0.4, 0.5) is 11.4 Å². The highest BCUT2D eigenvalue weighted by Crippen LogP contribution is 2.67. The third-order valence-corrected chi connectivity index (χ3v) is 13.5. The van der Waals surface area contributed by atoms with Gasteiger partial charge in [-0.1, -0.05) is 32.0 Å². The number of aryl methyl sites for hydroxylation is 1.